The summed E-state index contributed by atoms with van der Waals surface area (Å²) in [6.45, 7) is 1.15. The summed E-state index contributed by atoms with van der Waals surface area (Å²) in [6, 6.07) is -0.123. The number of carbonyl (C=O) groups is 2. The van der Waals surface area contributed by atoms with Crippen molar-refractivity contribution in [1.29, 1.82) is 0 Å². The normalized spacial score (nSPS) is 26.9. The number of hydrogen-bond acceptors (Lipinski definition) is 3. The molecule has 0 spiro atoms. The first-order valence-corrected chi connectivity index (χ1v) is 6.39. The van der Waals surface area contributed by atoms with E-state index >= 15 is 0 Å². The Morgan fingerprint density at radius 3 is 2.53 bits per heavy atom. The van der Waals surface area contributed by atoms with Gasteiger partial charge in [0.15, 0.2) is 0 Å². The Morgan fingerprint density at radius 1 is 1.29 bits per heavy atom. The standard InChI is InChI=1S/C12H20N2O3/c15-10(9-4-3-7-13-9)14-8-12(11(16)17)5-1-2-6-12/h9,13H,1-8H2,(H,14,15)(H,16,17)/t9-/m1/s1. The molecule has 2 rings (SSSR count). The van der Waals surface area contributed by atoms with Gasteiger partial charge in [0.2, 0.25) is 5.91 Å². The molecule has 1 aliphatic carbocycles. The van der Waals surface area contributed by atoms with Crippen molar-refractivity contribution in [3.05, 3.63) is 0 Å². The minimum absolute atomic E-state index is 0.0463. The number of carboxylic acid groups (broad SMARTS) is 1. The highest BCUT2D eigenvalue weighted by atomic mass is 16.4. The van der Waals surface area contributed by atoms with Crippen LogP contribution in [-0.4, -0.2) is 36.1 Å². The fourth-order valence-electron chi connectivity index (χ4n) is 2.81. The molecule has 5 heteroatoms. The zero-order chi connectivity index (χ0) is 12.3. The van der Waals surface area contributed by atoms with Crippen molar-refractivity contribution in [2.45, 2.75) is 44.6 Å². The molecule has 3 N–H and O–H groups in total. The van der Waals surface area contributed by atoms with Gasteiger partial charge >= 0.3 is 5.97 Å². The van der Waals surface area contributed by atoms with Crippen LogP contribution in [-0.2, 0) is 9.59 Å². The van der Waals surface area contributed by atoms with Gasteiger partial charge in [-0.1, -0.05) is 12.8 Å². The summed E-state index contributed by atoms with van der Waals surface area (Å²) < 4.78 is 0. The van der Waals surface area contributed by atoms with Gasteiger partial charge in [-0.25, -0.2) is 0 Å². The quantitative estimate of drug-likeness (QED) is 0.668. The molecule has 0 aromatic rings. The van der Waals surface area contributed by atoms with Crippen LogP contribution in [0.2, 0.25) is 0 Å². The number of aliphatic carboxylic acids is 1. The second-order valence-corrected chi connectivity index (χ2v) is 5.16. The molecule has 0 aromatic carbocycles. The molecule has 1 aliphatic heterocycles. The number of rotatable bonds is 4. The van der Waals surface area contributed by atoms with Crippen molar-refractivity contribution in [1.82, 2.24) is 10.6 Å². The van der Waals surface area contributed by atoms with Gasteiger partial charge < -0.3 is 15.7 Å². The SMILES string of the molecule is O=C(NCC1(C(=O)O)CCCC1)[C@H]1CCCN1. The van der Waals surface area contributed by atoms with E-state index in [1.165, 1.54) is 0 Å². The lowest BCUT2D eigenvalue weighted by Gasteiger charge is -2.24. The Balaban J connectivity index is 1.87. The molecule has 5 nitrogen and oxygen atoms in total. The zero-order valence-corrected chi connectivity index (χ0v) is 10.00. The van der Waals surface area contributed by atoms with E-state index in [2.05, 4.69) is 10.6 Å². The first-order chi connectivity index (χ1) is 8.14. The fraction of sp³-hybridized carbons (Fsp3) is 0.833. The van der Waals surface area contributed by atoms with Gasteiger partial charge in [0.1, 0.15) is 0 Å². The largest absolute Gasteiger partial charge is 0.481 e. The summed E-state index contributed by atoms with van der Waals surface area (Å²) in [7, 11) is 0. The summed E-state index contributed by atoms with van der Waals surface area (Å²) in [4.78, 5) is 23.1. The second kappa shape index (κ2) is 5.04. The van der Waals surface area contributed by atoms with Gasteiger partial charge in [-0.05, 0) is 32.2 Å². The molecule has 0 bridgehead atoms. The van der Waals surface area contributed by atoms with Crippen molar-refractivity contribution < 1.29 is 14.7 Å². The first-order valence-electron chi connectivity index (χ1n) is 6.39. The monoisotopic (exact) mass is 240 g/mol. The van der Waals surface area contributed by atoms with Crippen molar-refractivity contribution in [3.8, 4) is 0 Å². The molecular weight excluding hydrogens is 220 g/mol. The average molecular weight is 240 g/mol. The van der Waals surface area contributed by atoms with Gasteiger partial charge in [-0.15, -0.1) is 0 Å². The number of nitrogens with one attached hydrogen (secondary N) is 2. The van der Waals surface area contributed by atoms with Gasteiger partial charge in [0, 0.05) is 6.54 Å². The maximum Gasteiger partial charge on any atom is 0.311 e. The molecule has 96 valence electrons. The fourth-order valence-corrected chi connectivity index (χ4v) is 2.81. The molecule has 17 heavy (non-hydrogen) atoms. The number of amides is 1. The lowest BCUT2D eigenvalue weighted by Crippen LogP contribution is -2.47. The Bertz CT molecular complexity index is 305. The van der Waals surface area contributed by atoms with Gasteiger partial charge in [0.25, 0.3) is 0 Å². The molecule has 0 aromatic heterocycles. The highest BCUT2D eigenvalue weighted by molar-refractivity contribution is 5.83. The molecule has 1 amide bonds. The van der Waals surface area contributed by atoms with Crippen LogP contribution in [0.5, 0.6) is 0 Å². The molecular formula is C12H20N2O3. The molecule has 1 heterocycles. The van der Waals surface area contributed by atoms with Crippen LogP contribution in [0, 0.1) is 5.41 Å². The third-order valence-corrected chi connectivity index (χ3v) is 3.99. The van der Waals surface area contributed by atoms with Crippen LogP contribution in [0.4, 0.5) is 0 Å². The topological polar surface area (TPSA) is 78.4 Å². The van der Waals surface area contributed by atoms with E-state index in [1.54, 1.807) is 0 Å². The second-order valence-electron chi connectivity index (χ2n) is 5.16. The van der Waals surface area contributed by atoms with Crippen molar-refractivity contribution in [3.63, 3.8) is 0 Å². The molecule has 2 aliphatic rings. The van der Waals surface area contributed by atoms with E-state index in [-0.39, 0.29) is 18.5 Å². The van der Waals surface area contributed by atoms with E-state index in [0.29, 0.717) is 12.8 Å². The van der Waals surface area contributed by atoms with Crippen LogP contribution < -0.4 is 10.6 Å². The molecule has 1 saturated heterocycles. The lowest BCUT2D eigenvalue weighted by molar-refractivity contribution is -0.148. The molecule has 2 fully saturated rings. The first kappa shape index (κ1) is 12.4. The molecule has 0 radical (unpaired) electrons. The lowest BCUT2D eigenvalue weighted by atomic mass is 9.86. The van der Waals surface area contributed by atoms with Crippen LogP contribution in [0.15, 0.2) is 0 Å². The Labute approximate surface area is 101 Å². The highest BCUT2D eigenvalue weighted by Crippen LogP contribution is 2.37. The summed E-state index contributed by atoms with van der Waals surface area (Å²) in [5.74, 6) is -0.815. The molecule has 1 saturated carbocycles. The smallest absolute Gasteiger partial charge is 0.311 e. The van der Waals surface area contributed by atoms with E-state index in [9.17, 15) is 14.7 Å². The van der Waals surface area contributed by atoms with E-state index in [0.717, 1.165) is 32.2 Å². The van der Waals surface area contributed by atoms with Crippen LogP contribution in [0.25, 0.3) is 0 Å². The van der Waals surface area contributed by atoms with Gasteiger partial charge in [-0.2, -0.15) is 0 Å². The number of carbonyl (C=O) groups excluding carboxylic acids is 1. The van der Waals surface area contributed by atoms with Crippen molar-refractivity contribution in [2.75, 3.05) is 13.1 Å². The van der Waals surface area contributed by atoms with Crippen molar-refractivity contribution in [2.24, 2.45) is 5.41 Å². The zero-order valence-electron chi connectivity index (χ0n) is 10.00. The predicted molar refractivity (Wildman–Crippen MR) is 62.6 cm³/mol. The van der Waals surface area contributed by atoms with Gasteiger partial charge in [0.05, 0.1) is 11.5 Å². The predicted octanol–water partition coefficient (Wildman–Crippen LogP) is 0.500. The van der Waals surface area contributed by atoms with E-state index < -0.39 is 11.4 Å². The number of carboxylic acids is 1. The number of hydrogen-bond donors (Lipinski definition) is 3. The van der Waals surface area contributed by atoms with Crippen LogP contribution >= 0.6 is 0 Å². The highest BCUT2D eigenvalue weighted by Gasteiger charge is 2.41. The minimum Gasteiger partial charge on any atom is -0.481 e. The summed E-state index contributed by atoms with van der Waals surface area (Å²) in [6.07, 6.45) is 5.13. The Kier molecular flexibility index (Phi) is 3.66. The van der Waals surface area contributed by atoms with E-state index in [4.69, 9.17) is 0 Å². The van der Waals surface area contributed by atoms with Crippen LogP contribution in [0.1, 0.15) is 38.5 Å². The maximum absolute atomic E-state index is 11.8. The third kappa shape index (κ3) is 2.60. The molecule has 0 unspecified atom stereocenters. The van der Waals surface area contributed by atoms with Crippen molar-refractivity contribution >= 4 is 11.9 Å². The summed E-state index contributed by atoms with van der Waals surface area (Å²) in [5, 5.41) is 15.2. The minimum atomic E-state index is -0.769. The Hall–Kier alpha value is -1.10. The maximum atomic E-state index is 11.8. The summed E-state index contributed by atoms with van der Waals surface area (Å²) in [5.41, 5.74) is -0.714. The molecule has 1 atom stereocenters. The van der Waals surface area contributed by atoms with E-state index in [1.807, 2.05) is 0 Å². The summed E-state index contributed by atoms with van der Waals surface area (Å²) >= 11 is 0. The third-order valence-electron chi connectivity index (χ3n) is 3.99. The Morgan fingerprint density at radius 2 is 2.00 bits per heavy atom. The average Bonchev–Trinajstić information content (AvgIpc) is 2.97. The van der Waals surface area contributed by atoms with Gasteiger partial charge in [-0.3, -0.25) is 9.59 Å². The van der Waals surface area contributed by atoms with Crippen LogP contribution in [0.3, 0.4) is 0 Å².